The first-order valence-electron chi connectivity index (χ1n) is 10.4. The van der Waals surface area contributed by atoms with Gasteiger partial charge < -0.3 is 14.5 Å². The number of H-pyrrole nitrogens is 1. The van der Waals surface area contributed by atoms with Crippen LogP contribution in [0.15, 0.2) is 30.3 Å². The molecule has 2 unspecified atom stereocenters. The smallest absolute Gasteiger partial charge is 0.359 e. The number of likely N-dealkylation sites (tertiary alicyclic amines) is 1. The number of nitrogens with zero attached hydrogens (tertiary/aromatic N) is 3. The monoisotopic (exact) mass is 410 g/mol. The molecular weight excluding hydrogens is 384 g/mol. The third kappa shape index (κ3) is 3.69. The van der Waals surface area contributed by atoms with E-state index in [1.54, 1.807) is 16.7 Å². The molecule has 1 N–H and O–H groups in total. The molecule has 0 saturated carbocycles. The Morgan fingerprint density at radius 1 is 1.30 bits per heavy atom. The largest absolute Gasteiger partial charge is 0.461 e. The van der Waals surface area contributed by atoms with Crippen molar-refractivity contribution in [3.05, 3.63) is 52.8 Å². The summed E-state index contributed by atoms with van der Waals surface area (Å²) in [5.41, 5.74) is 2.88. The van der Waals surface area contributed by atoms with E-state index in [9.17, 15) is 14.4 Å². The van der Waals surface area contributed by atoms with Gasteiger partial charge in [-0.05, 0) is 19.4 Å². The zero-order valence-electron chi connectivity index (χ0n) is 17.3. The van der Waals surface area contributed by atoms with Crippen LogP contribution in [-0.2, 0) is 27.3 Å². The standard InChI is InChI=1S/C22H26N4O4/c1-3-30-22(29)20-17-13-25(10-9-18(17)23-24-20)21(28)16-11-19(27)26(12-16)14(2)15-7-5-4-6-8-15/h4-8,14,16H,3,9-13H2,1-2H3,(H,23,24). The summed E-state index contributed by atoms with van der Waals surface area (Å²) in [6.45, 7) is 5.25. The number of ether oxygens (including phenoxy) is 1. The maximum atomic E-state index is 13.2. The van der Waals surface area contributed by atoms with Crippen LogP contribution in [0.5, 0.6) is 0 Å². The van der Waals surface area contributed by atoms with Crippen molar-refractivity contribution in [2.24, 2.45) is 5.92 Å². The molecule has 4 rings (SSSR count). The molecule has 3 heterocycles. The lowest BCUT2D eigenvalue weighted by Gasteiger charge is -2.30. The number of aromatic nitrogens is 2. The number of benzene rings is 1. The molecule has 1 saturated heterocycles. The van der Waals surface area contributed by atoms with E-state index in [-0.39, 0.29) is 42.5 Å². The van der Waals surface area contributed by atoms with Crippen LogP contribution < -0.4 is 0 Å². The average Bonchev–Trinajstić information content (AvgIpc) is 3.36. The summed E-state index contributed by atoms with van der Waals surface area (Å²) < 4.78 is 5.07. The molecule has 0 spiro atoms. The van der Waals surface area contributed by atoms with Crippen LogP contribution in [-0.4, -0.2) is 57.5 Å². The summed E-state index contributed by atoms with van der Waals surface area (Å²) in [5, 5.41) is 6.98. The Morgan fingerprint density at radius 3 is 2.80 bits per heavy atom. The Bertz CT molecular complexity index is 955. The summed E-state index contributed by atoms with van der Waals surface area (Å²) in [5.74, 6) is -0.906. The van der Waals surface area contributed by atoms with E-state index in [0.29, 0.717) is 31.6 Å². The van der Waals surface area contributed by atoms with E-state index in [2.05, 4.69) is 10.2 Å². The fourth-order valence-corrected chi connectivity index (χ4v) is 4.29. The van der Waals surface area contributed by atoms with Gasteiger partial charge in [0.05, 0.1) is 18.6 Å². The Labute approximate surface area is 175 Å². The predicted molar refractivity (Wildman–Crippen MR) is 108 cm³/mol. The highest BCUT2D eigenvalue weighted by Crippen LogP contribution is 2.31. The molecule has 2 aromatic rings. The van der Waals surface area contributed by atoms with Gasteiger partial charge in [0, 0.05) is 43.7 Å². The van der Waals surface area contributed by atoms with Crippen LogP contribution in [0.25, 0.3) is 0 Å². The van der Waals surface area contributed by atoms with Gasteiger partial charge >= 0.3 is 5.97 Å². The van der Waals surface area contributed by atoms with Gasteiger partial charge in [-0.25, -0.2) is 4.79 Å². The molecule has 158 valence electrons. The van der Waals surface area contributed by atoms with Gasteiger partial charge in [0.15, 0.2) is 5.69 Å². The van der Waals surface area contributed by atoms with Crippen molar-refractivity contribution in [3.8, 4) is 0 Å². The van der Waals surface area contributed by atoms with Crippen molar-refractivity contribution in [3.63, 3.8) is 0 Å². The van der Waals surface area contributed by atoms with Gasteiger partial charge in [-0.1, -0.05) is 30.3 Å². The molecule has 8 nitrogen and oxygen atoms in total. The second-order valence-corrected chi connectivity index (χ2v) is 7.79. The second kappa shape index (κ2) is 8.30. The van der Waals surface area contributed by atoms with Gasteiger partial charge in [0.25, 0.3) is 0 Å². The van der Waals surface area contributed by atoms with Gasteiger partial charge in [0.2, 0.25) is 11.8 Å². The molecule has 0 radical (unpaired) electrons. The van der Waals surface area contributed by atoms with Crippen LogP contribution in [0.1, 0.15) is 53.6 Å². The summed E-state index contributed by atoms with van der Waals surface area (Å²) in [4.78, 5) is 41.5. The number of amides is 2. The third-order valence-electron chi connectivity index (χ3n) is 5.97. The number of fused-ring (bicyclic) bond motifs is 1. The lowest BCUT2D eigenvalue weighted by molar-refractivity contribution is -0.136. The third-order valence-corrected chi connectivity index (χ3v) is 5.97. The van der Waals surface area contributed by atoms with E-state index < -0.39 is 5.97 Å². The second-order valence-electron chi connectivity index (χ2n) is 7.79. The van der Waals surface area contributed by atoms with Crippen LogP contribution in [0.3, 0.4) is 0 Å². The molecule has 30 heavy (non-hydrogen) atoms. The van der Waals surface area contributed by atoms with Crippen LogP contribution in [0, 0.1) is 5.92 Å². The molecule has 2 amide bonds. The first-order valence-corrected chi connectivity index (χ1v) is 10.4. The Balaban J connectivity index is 1.45. The molecule has 1 aromatic carbocycles. The Kier molecular flexibility index (Phi) is 5.57. The van der Waals surface area contributed by atoms with E-state index >= 15 is 0 Å². The number of carbonyl (C=O) groups excluding carboxylic acids is 3. The molecule has 2 aliphatic heterocycles. The molecular formula is C22H26N4O4. The van der Waals surface area contributed by atoms with Crippen molar-refractivity contribution in [2.75, 3.05) is 19.7 Å². The molecule has 1 aromatic heterocycles. The van der Waals surface area contributed by atoms with Crippen molar-refractivity contribution in [2.45, 2.75) is 39.3 Å². The van der Waals surface area contributed by atoms with E-state index in [1.807, 2.05) is 37.3 Å². The van der Waals surface area contributed by atoms with Crippen LogP contribution >= 0.6 is 0 Å². The number of hydrogen-bond donors (Lipinski definition) is 1. The van der Waals surface area contributed by atoms with Gasteiger partial charge in [-0.15, -0.1) is 0 Å². The fourth-order valence-electron chi connectivity index (χ4n) is 4.29. The predicted octanol–water partition coefficient (Wildman–Crippen LogP) is 2.08. The van der Waals surface area contributed by atoms with Gasteiger partial charge in [0.1, 0.15) is 0 Å². The Hall–Kier alpha value is -3.16. The highest BCUT2D eigenvalue weighted by atomic mass is 16.5. The van der Waals surface area contributed by atoms with Crippen molar-refractivity contribution >= 4 is 17.8 Å². The highest BCUT2D eigenvalue weighted by molar-refractivity contribution is 5.91. The minimum Gasteiger partial charge on any atom is -0.461 e. The lowest BCUT2D eigenvalue weighted by Crippen LogP contribution is -2.41. The zero-order chi connectivity index (χ0) is 21.3. The van der Waals surface area contributed by atoms with E-state index in [4.69, 9.17) is 4.74 Å². The molecule has 2 aliphatic rings. The topological polar surface area (TPSA) is 95.6 Å². The summed E-state index contributed by atoms with van der Waals surface area (Å²) in [7, 11) is 0. The van der Waals surface area contributed by atoms with E-state index in [0.717, 1.165) is 11.3 Å². The van der Waals surface area contributed by atoms with Crippen LogP contribution in [0.2, 0.25) is 0 Å². The molecule has 0 bridgehead atoms. The number of esters is 1. The highest BCUT2D eigenvalue weighted by Gasteiger charge is 2.40. The van der Waals surface area contributed by atoms with Gasteiger partial charge in [-0.2, -0.15) is 5.10 Å². The van der Waals surface area contributed by atoms with E-state index in [1.165, 1.54) is 0 Å². The number of hydrogen-bond acceptors (Lipinski definition) is 5. The number of nitrogens with one attached hydrogen (secondary N) is 1. The first-order chi connectivity index (χ1) is 14.5. The fraction of sp³-hybridized carbons (Fsp3) is 0.455. The molecule has 0 aliphatic carbocycles. The minimum absolute atomic E-state index is 0.00192. The lowest BCUT2D eigenvalue weighted by atomic mass is 10.0. The maximum absolute atomic E-state index is 13.2. The molecule has 2 atom stereocenters. The summed E-state index contributed by atoms with van der Waals surface area (Å²) in [6, 6.07) is 9.76. The summed E-state index contributed by atoms with van der Waals surface area (Å²) in [6.07, 6.45) is 0.813. The maximum Gasteiger partial charge on any atom is 0.359 e. The SMILES string of the molecule is CCOC(=O)c1n[nH]c2c1CN(C(=O)C1CC(=O)N(C(C)c3ccccc3)C1)CC2. The number of aromatic amines is 1. The van der Waals surface area contributed by atoms with Crippen molar-refractivity contribution < 1.29 is 19.1 Å². The number of carbonyl (C=O) groups is 3. The minimum atomic E-state index is -0.483. The first kappa shape index (κ1) is 20.1. The normalized spacial score (nSPS) is 19.5. The molecule has 8 heteroatoms. The number of rotatable bonds is 5. The average molecular weight is 410 g/mol. The Morgan fingerprint density at radius 2 is 2.07 bits per heavy atom. The van der Waals surface area contributed by atoms with Gasteiger partial charge in [-0.3, -0.25) is 14.7 Å². The van der Waals surface area contributed by atoms with Crippen LogP contribution in [0.4, 0.5) is 0 Å². The zero-order valence-corrected chi connectivity index (χ0v) is 17.3. The van der Waals surface area contributed by atoms with Crippen molar-refractivity contribution in [1.29, 1.82) is 0 Å². The van der Waals surface area contributed by atoms with Crippen molar-refractivity contribution in [1.82, 2.24) is 20.0 Å². The quantitative estimate of drug-likeness (QED) is 0.762. The molecule has 1 fully saturated rings. The summed E-state index contributed by atoms with van der Waals surface area (Å²) >= 11 is 0.